The summed E-state index contributed by atoms with van der Waals surface area (Å²) < 4.78 is 71.7. The quantitative estimate of drug-likeness (QED) is 0.789. The van der Waals surface area contributed by atoms with Crippen LogP contribution in [0.15, 0.2) is 35.2 Å². The fraction of sp³-hybridized carbons (Fsp3) is 0.133. The van der Waals surface area contributed by atoms with Gasteiger partial charge in [0.15, 0.2) is 17.5 Å². The number of halogens is 3. The topological polar surface area (TPSA) is 84.5 Å². The van der Waals surface area contributed by atoms with E-state index in [2.05, 4.69) is 5.32 Å². The van der Waals surface area contributed by atoms with Crippen molar-refractivity contribution in [3.63, 3.8) is 0 Å². The Morgan fingerprint density at radius 3 is 2.32 bits per heavy atom. The molecular formula is C15H13F3N2O4S. The highest BCUT2D eigenvalue weighted by atomic mass is 32.2. The number of amides is 1. The molecule has 0 radical (unpaired) electrons. The normalized spacial score (nSPS) is 11.1. The number of ether oxygens (including phenoxy) is 1. The molecule has 0 aliphatic carbocycles. The monoisotopic (exact) mass is 374 g/mol. The van der Waals surface area contributed by atoms with Crippen LogP contribution >= 0.6 is 0 Å². The summed E-state index contributed by atoms with van der Waals surface area (Å²) in [5, 5.41) is 2.38. The molecule has 10 heteroatoms. The maximum atomic E-state index is 13.8. The van der Waals surface area contributed by atoms with Crippen molar-refractivity contribution in [2.75, 3.05) is 17.1 Å². The van der Waals surface area contributed by atoms with Gasteiger partial charge in [-0.25, -0.2) is 21.6 Å². The van der Waals surface area contributed by atoms with Crippen LogP contribution in [0, 0.1) is 17.5 Å². The Balaban J connectivity index is 2.50. The average molecular weight is 374 g/mol. The minimum absolute atomic E-state index is 0.0693. The molecule has 6 nitrogen and oxygen atoms in total. The number of sulfonamides is 1. The maximum absolute atomic E-state index is 13.8. The summed E-state index contributed by atoms with van der Waals surface area (Å²) >= 11 is 0. The zero-order valence-corrected chi connectivity index (χ0v) is 13.9. The van der Waals surface area contributed by atoms with Crippen molar-refractivity contribution in [2.45, 2.75) is 11.8 Å². The maximum Gasteiger partial charge on any atom is 0.265 e. The van der Waals surface area contributed by atoms with Crippen LogP contribution in [0.25, 0.3) is 0 Å². The summed E-state index contributed by atoms with van der Waals surface area (Å²) in [4.78, 5) is 10.1. The van der Waals surface area contributed by atoms with E-state index in [1.807, 2.05) is 4.72 Å². The van der Waals surface area contributed by atoms with Gasteiger partial charge in [-0.15, -0.1) is 0 Å². The number of rotatable bonds is 5. The van der Waals surface area contributed by atoms with Crippen LogP contribution in [0.2, 0.25) is 0 Å². The van der Waals surface area contributed by atoms with Crippen molar-refractivity contribution in [3.8, 4) is 5.75 Å². The smallest absolute Gasteiger partial charge is 0.265 e. The summed E-state index contributed by atoms with van der Waals surface area (Å²) in [5.74, 6) is -5.51. The van der Waals surface area contributed by atoms with Crippen molar-refractivity contribution in [1.29, 1.82) is 0 Å². The van der Waals surface area contributed by atoms with Crippen LogP contribution in [0.4, 0.5) is 24.5 Å². The summed E-state index contributed by atoms with van der Waals surface area (Å²) in [5.41, 5.74) is -0.0708. The number of carbonyl (C=O) groups excluding carboxylic acids is 1. The molecule has 0 heterocycles. The van der Waals surface area contributed by atoms with Gasteiger partial charge in [0.1, 0.15) is 10.6 Å². The lowest BCUT2D eigenvalue weighted by Gasteiger charge is -2.14. The lowest BCUT2D eigenvalue weighted by atomic mass is 10.2. The van der Waals surface area contributed by atoms with Gasteiger partial charge in [0.25, 0.3) is 10.0 Å². The van der Waals surface area contributed by atoms with Crippen molar-refractivity contribution in [1.82, 2.24) is 0 Å². The molecule has 0 bridgehead atoms. The SMILES string of the molecule is COc1ccc(NC(C)=O)c(NS(=O)(=O)c2ccc(F)c(F)c2F)c1. The standard InChI is InChI=1S/C15H13F3N2O4S/c1-8(21)19-11-5-3-9(24-2)7-12(11)20-25(22,23)13-6-4-10(16)14(17)15(13)18/h3-7,20H,1-2H3,(H,19,21). The van der Waals surface area contributed by atoms with Crippen LogP contribution < -0.4 is 14.8 Å². The van der Waals surface area contributed by atoms with E-state index in [4.69, 9.17) is 4.74 Å². The number of carbonyl (C=O) groups is 1. The molecule has 0 fully saturated rings. The first kappa shape index (κ1) is 18.6. The predicted molar refractivity (Wildman–Crippen MR) is 84.4 cm³/mol. The van der Waals surface area contributed by atoms with Crippen LogP contribution in [-0.4, -0.2) is 21.4 Å². The summed E-state index contributed by atoms with van der Waals surface area (Å²) in [7, 11) is -3.27. The molecule has 0 atom stereocenters. The van der Waals surface area contributed by atoms with Gasteiger partial charge >= 0.3 is 0 Å². The highest BCUT2D eigenvalue weighted by Gasteiger charge is 2.25. The molecule has 0 aliphatic rings. The molecule has 2 rings (SSSR count). The first-order chi connectivity index (χ1) is 11.7. The van der Waals surface area contributed by atoms with Crippen molar-refractivity contribution >= 4 is 27.3 Å². The van der Waals surface area contributed by atoms with Gasteiger partial charge in [-0.1, -0.05) is 0 Å². The number of nitrogens with one attached hydrogen (secondary N) is 2. The Hall–Kier alpha value is -2.75. The van der Waals surface area contributed by atoms with E-state index < -0.39 is 38.3 Å². The lowest BCUT2D eigenvalue weighted by Crippen LogP contribution is -2.18. The van der Waals surface area contributed by atoms with Crippen LogP contribution in [0.5, 0.6) is 5.75 Å². The Morgan fingerprint density at radius 2 is 1.72 bits per heavy atom. The second-order valence-corrected chi connectivity index (χ2v) is 6.52. The van der Waals surface area contributed by atoms with E-state index in [-0.39, 0.29) is 17.1 Å². The summed E-state index contributed by atoms with van der Waals surface area (Å²) in [6.45, 7) is 1.21. The van der Waals surface area contributed by atoms with Crippen molar-refractivity contribution in [3.05, 3.63) is 47.8 Å². The van der Waals surface area contributed by atoms with Gasteiger partial charge in [-0.2, -0.15) is 0 Å². The molecule has 25 heavy (non-hydrogen) atoms. The number of benzene rings is 2. The lowest BCUT2D eigenvalue weighted by molar-refractivity contribution is -0.114. The van der Waals surface area contributed by atoms with Crippen LogP contribution in [-0.2, 0) is 14.8 Å². The van der Waals surface area contributed by atoms with Gasteiger partial charge in [-0.3, -0.25) is 9.52 Å². The predicted octanol–water partition coefficient (Wildman–Crippen LogP) is 2.87. The number of hydrogen-bond donors (Lipinski definition) is 2. The molecule has 2 aromatic carbocycles. The van der Waals surface area contributed by atoms with Gasteiger partial charge in [0.05, 0.1) is 18.5 Å². The molecular weight excluding hydrogens is 361 g/mol. The van der Waals surface area contributed by atoms with Gasteiger partial charge in [0, 0.05) is 13.0 Å². The average Bonchev–Trinajstić information content (AvgIpc) is 2.53. The zero-order chi connectivity index (χ0) is 18.8. The highest BCUT2D eigenvalue weighted by molar-refractivity contribution is 7.92. The zero-order valence-electron chi connectivity index (χ0n) is 13.1. The highest BCUT2D eigenvalue weighted by Crippen LogP contribution is 2.30. The second kappa shape index (κ2) is 7.01. The molecule has 0 spiro atoms. The first-order valence-corrected chi connectivity index (χ1v) is 8.26. The molecule has 1 amide bonds. The van der Waals surface area contributed by atoms with E-state index in [0.29, 0.717) is 12.1 Å². The van der Waals surface area contributed by atoms with Crippen molar-refractivity contribution < 1.29 is 31.1 Å². The van der Waals surface area contributed by atoms with E-state index in [1.54, 1.807) is 0 Å². The molecule has 0 aliphatic heterocycles. The summed E-state index contributed by atoms with van der Waals surface area (Å²) in [6.07, 6.45) is 0. The Kier molecular flexibility index (Phi) is 5.21. The number of methoxy groups -OCH3 is 1. The third kappa shape index (κ3) is 4.02. The molecule has 0 aromatic heterocycles. The van der Waals surface area contributed by atoms with Crippen molar-refractivity contribution in [2.24, 2.45) is 0 Å². The molecule has 0 saturated heterocycles. The van der Waals surface area contributed by atoms with E-state index in [1.165, 1.54) is 32.2 Å². The third-order valence-corrected chi connectivity index (χ3v) is 4.45. The minimum atomic E-state index is -4.61. The fourth-order valence-corrected chi connectivity index (χ4v) is 3.09. The Bertz CT molecular complexity index is 933. The Morgan fingerprint density at radius 1 is 1.04 bits per heavy atom. The summed E-state index contributed by atoms with van der Waals surface area (Å²) in [6, 6.07) is 5.14. The first-order valence-electron chi connectivity index (χ1n) is 6.77. The van der Waals surface area contributed by atoms with E-state index >= 15 is 0 Å². The number of anilines is 2. The Labute approximate surface area is 141 Å². The third-order valence-electron chi connectivity index (χ3n) is 3.07. The van der Waals surface area contributed by atoms with Gasteiger partial charge in [0.2, 0.25) is 5.91 Å². The molecule has 2 N–H and O–H groups in total. The molecule has 0 saturated carbocycles. The number of hydrogen-bond acceptors (Lipinski definition) is 4. The molecule has 2 aromatic rings. The largest absolute Gasteiger partial charge is 0.497 e. The second-order valence-electron chi connectivity index (χ2n) is 4.87. The van der Waals surface area contributed by atoms with Gasteiger partial charge < -0.3 is 10.1 Å². The van der Waals surface area contributed by atoms with Gasteiger partial charge in [-0.05, 0) is 24.3 Å². The van der Waals surface area contributed by atoms with E-state index in [9.17, 15) is 26.4 Å². The molecule has 134 valence electrons. The van der Waals surface area contributed by atoms with Crippen LogP contribution in [0.1, 0.15) is 6.92 Å². The minimum Gasteiger partial charge on any atom is -0.497 e. The molecule has 0 unspecified atom stereocenters. The van der Waals surface area contributed by atoms with Crippen LogP contribution in [0.3, 0.4) is 0 Å². The fourth-order valence-electron chi connectivity index (χ4n) is 1.95. The van der Waals surface area contributed by atoms with E-state index in [0.717, 1.165) is 0 Å².